The summed E-state index contributed by atoms with van der Waals surface area (Å²) in [7, 11) is 0. The van der Waals surface area contributed by atoms with E-state index in [0.29, 0.717) is 5.56 Å². The molecular formula is C19H18O8. The summed E-state index contributed by atoms with van der Waals surface area (Å²) in [5.74, 6) is -7.35. The minimum absolute atomic E-state index is 0.280. The fraction of sp³-hybridized carbons (Fsp3) is 0.158. The van der Waals surface area contributed by atoms with Gasteiger partial charge in [-0.1, -0.05) is 60.7 Å². The van der Waals surface area contributed by atoms with Crippen molar-refractivity contribution in [3.63, 3.8) is 0 Å². The van der Waals surface area contributed by atoms with Crippen molar-refractivity contribution < 1.29 is 39.6 Å². The molecule has 2 aromatic carbocycles. The molecule has 1 atom stereocenters. The average molecular weight is 374 g/mol. The number of hydrogen-bond acceptors (Lipinski definition) is 4. The van der Waals surface area contributed by atoms with Crippen LogP contribution in [0.1, 0.15) is 29.4 Å². The zero-order valence-corrected chi connectivity index (χ0v) is 14.1. The average Bonchev–Trinajstić information content (AvgIpc) is 2.61. The fourth-order valence-corrected chi connectivity index (χ4v) is 2.24. The lowest BCUT2D eigenvalue weighted by Gasteiger charge is -2.09. The molecule has 0 fully saturated rings. The quantitative estimate of drug-likeness (QED) is 0.539. The van der Waals surface area contributed by atoms with E-state index in [1.54, 1.807) is 48.5 Å². The van der Waals surface area contributed by atoms with Gasteiger partial charge in [0.15, 0.2) is 5.92 Å². The van der Waals surface area contributed by atoms with Crippen LogP contribution in [-0.4, -0.2) is 44.3 Å². The summed E-state index contributed by atoms with van der Waals surface area (Å²) in [6.07, 6.45) is -0.390. The number of carboxylic acid groups (broad SMARTS) is 4. The van der Waals surface area contributed by atoms with Crippen LogP contribution in [0.15, 0.2) is 60.7 Å². The Kier molecular flexibility index (Phi) is 8.18. The van der Waals surface area contributed by atoms with Gasteiger partial charge in [-0.15, -0.1) is 0 Å². The minimum Gasteiger partial charge on any atom is -0.481 e. The number of hydrogen-bond donors (Lipinski definition) is 4. The van der Waals surface area contributed by atoms with Gasteiger partial charge in [0.25, 0.3) is 0 Å². The van der Waals surface area contributed by atoms with Crippen LogP contribution in [0.4, 0.5) is 0 Å². The number of carbonyl (C=O) groups is 4. The van der Waals surface area contributed by atoms with Crippen LogP contribution in [0.3, 0.4) is 0 Å². The monoisotopic (exact) mass is 374 g/mol. The highest BCUT2D eigenvalue weighted by Crippen LogP contribution is 2.19. The maximum Gasteiger partial charge on any atom is 0.322 e. The molecule has 0 bridgehead atoms. The Morgan fingerprint density at radius 3 is 1.37 bits per heavy atom. The van der Waals surface area contributed by atoms with E-state index in [-0.39, 0.29) is 12.0 Å². The first-order chi connectivity index (χ1) is 12.7. The lowest BCUT2D eigenvalue weighted by molar-refractivity contribution is -0.150. The molecule has 0 aromatic heterocycles. The first-order valence-corrected chi connectivity index (χ1v) is 7.74. The molecule has 4 N–H and O–H groups in total. The zero-order valence-electron chi connectivity index (χ0n) is 14.1. The van der Waals surface area contributed by atoms with Crippen molar-refractivity contribution in [2.75, 3.05) is 0 Å². The maximum atomic E-state index is 10.8. The van der Waals surface area contributed by atoms with Gasteiger partial charge in [0.2, 0.25) is 0 Å². The molecule has 0 aliphatic heterocycles. The summed E-state index contributed by atoms with van der Waals surface area (Å²) < 4.78 is 0. The number of carboxylic acids is 4. The molecule has 1 unspecified atom stereocenters. The second-order valence-corrected chi connectivity index (χ2v) is 5.42. The SMILES string of the molecule is O=C(O)C(C(=O)O)c1ccccc1.O=C(O)CC(C(=O)O)c1ccccc1. The number of rotatable bonds is 7. The van der Waals surface area contributed by atoms with Gasteiger partial charge >= 0.3 is 23.9 Å². The van der Waals surface area contributed by atoms with Gasteiger partial charge in [-0.2, -0.15) is 0 Å². The molecule has 8 heteroatoms. The first-order valence-electron chi connectivity index (χ1n) is 7.74. The van der Waals surface area contributed by atoms with Gasteiger partial charge in [0, 0.05) is 0 Å². The summed E-state index contributed by atoms with van der Waals surface area (Å²) in [5.41, 5.74) is 0.796. The third-order valence-corrected chi connectivity index (χ3v) is 3.51. The summed E-state index contributed by atoms with van der Waals surface area (Å²) >= 11 is 0. The van der Waals surface area contributed by atoms with Gasteiger partial charge < -0.3 is 20.4 Å². The van der Waals surface area contributed by atoms with Crippen molar-refractivity contribution in [3.8, 4) is 0 Å². The highest BCUT2D eigenvalue weighted by atomic mass is 16.4. The lowest BCUT2D eigenvalue weighted by atomic mass is 9.96. The van der Waals surface area contributed by atoms with E-state index in [9.17, 15) is 19.2 Å². The molecule has 0 spiro atoms. The van der Waals surface area contributed by atoms with Gasteiger partial charge in [-0.3, -0.25) is 19.2 Å². The minimum atomic E-state index is -1.47. The molecule has 0 saturated carbocycles. The first kappa shape index (κ1) is 21.4. The second kappa shape index (κ2) is 10.3. The molecule has 0 amide bonds. The highest BCUT2D eigenvalue weighted by Gasteiger charge is 2.27. The van der Waals surface area contributed by atoms with E-state index in [1.807, 2.05) is 0 Å². The smallest absolute Gasteiger partial charge is 0.322 e. The normalized spacial score (nSPS) is 11.0. The molecule has 27 heavy (non-hydrogen) atoms. The van der Waals surface area contributed by atoms with Crippen molar-refractivity contribution in [2.24, 2.45) is 0 Å². The zero-order chi connectivity index (χ0) is 20.4. The van der Waals surface area contributed by atoms with E-state index >= 15 is 0 Å². The molecular weight excluding hydrogens is 356 g/mol. The molecule has 142 valence electrons. The Morgan fingerprint density at radius 2 is 1.04 bits per heavy atom. The van der Waals surface area contributed by atoms with Crippen LogP contribution in [0.2, 0.25) is 0 Å². The van der Waals surface area contributed by atoms with Gasteiger partial charge in [-0.25, -0.2) is 0 Å². The van der Waals surface area contributed by atoms with Crippen LogP contribution >= 0.6 is 0 Å². The van der Waals surface area contributed by atoms with Crippen molar-refractivity contribution in [3.05, 3.63) is 71.8 Å². The third kappa shape index (κ3) is 6.99. The summed E-state index contributed by atoms with van der Waals surface area (Å²) in [6.45, 7) is 0. The topological polar surface area (TPSA) is 149 Å². The van der Waals surface area contributed by atoms with Gasteiger partial charge in [0.1, 0.15) is 0 Å². The van der Waals surface area contributed by atoms with Crippen molar-refractivity contribution in [2.45, 2.75) is 18.3 Å². The van der Waals surface area contributed by atoms with Crippen LogP contribution in [0, 0.1) is 0 Å². The molecule has 0 heterocycles. The Bertz CT molecular complexity index is 772. The van der Waals surface area contributed by atoms with E-state index in [0.717, 1.165) is 0 Å². The van der Waals surface area contributed by atoms with Gasteiger partial charge in [-0.05, 0) is 11.1 Å². The Labute approximate surface area is 154 Å². The van der Waals surface area contributed by atoms with Crippen LogP contribution in [0.5, 0.6) is 0 Å². The van der Waals surface area contributed by atoms with Gasteiger partial charge in [0.05, 0.1) is 12.3 Å². The fourth-order valence-electron chi connectivity index (χ4n) is 2.24. The second-order valence-electron chi connectivity index (χ2n) is 5.42. The summed E-state index contributed by atoms with van der Waals surface area (Å²) in [6, 6.07) is 16.2. The molecule has 0 aliphatic rings. The summed E-state index contributed by atoms with van der Waals surface area (Å²) in [5, 5.41) is 34.6. The van der Waals surface area contributed by atoms with E-state index in [1.165, 1.54) is 12.1 Å². The highest BCUT2D eigenvalue weighted by molar-refractivity contribution is 5.98. The van der Waals surface area contributed by atoms with E-state index in [2.05, 4.69) is 0 Å². The summed E-state index contributed by atoms with van der Waals surface area (Å²) in [4.78, 5) is 42.3. The Balaban J connectivity index is 0.000000271. The Morgan fingerprint density at radius 1 is 0.630 bits per heavy atom. The van der Waals surface area contributed by atoms with Crippen molar-refractivity contribution >= 4 is 23.9 Å². The molecule has 2 aromatic rings. The molecule has 0 aliphatic carbocycles. The van der Waals surface area contributed by atoms with Crippen LogP contribution in [-0.2, 0) is 19.2 Å². The van der Waals surface area contributed by atoms with Crippen LogP contribution in [0.25, 0.3) is 0 Å². The molecule has 0 saturated heterocycles. The predicted molar refractivity (Wildman–Crippen MR) is 93.5 cm³/mol. The standard InChI is InChI=1S/C10H10O4.C9H8O4/c11-9(12)6-8(10(13)14)7-4-2-1-3-5-7;10-8(11)7(9(12)13)6-4-2-1-3-5-6/h1-5,8H,6H2,(H,11,12)(H,13,14);1-5,7H,(H,10,11)(H,12,13). The largest absolute Gasteiger partial charge is 0.481 e. The molecule has 8 nitrogen and oxygen atoms in total. The number of aliphatic carboxylic acids is 4. The Hall–Kier alpha value is -3.68. The lowest BCUT2D eigenvalue weighted by Crippen LogP contribution is -2.20. The molecule has 2 rings (SSSR count). The van der Waals surface area contributed by atoms with Crippen molar-refractivity contribution in [1.29, 1.82) is 0 Å². The molecule has 0 radical (unpaired) electrons. The predicted octanol–water partition coefficient (Wildman–Crippen LogP) is 2.27. The maximum absolute atomic E-state index is 10.8. The third-order valence-electron chi connectivity index (χ3n) is 3.51. The van der Waals surface area contributed by atoms with E-state index < -0.39 is 35.7 Å². The van der Waals surface area contributed by atoms with Crippen molar-refractivity contribution in [1.82, 2.24) is 0 Å². The number of benzene rings is 2. The van der Waals surface area contributed by atoms with E-state index in [4.69, 9.17) is 20.4 Å². The van der Waals surface area contributed by atoms with Crippen LogP contribution < -0.4 is 0 Å².